The predicted molar refractivity (Wildman–Crippen MR) is 128 cm³/mol. The fraction of sp³-hybridized carbons (Fsp3) is 0.286. The van der Waals surface area contributed by atoms with Gasteiger partial charge in [0.25, 0.3) is 5.91 Å². The van der Waals surface area contributed by atoms with Gasteiger partial charge in [-0.3, -0.25) is 9.59 Å². The molecule has 0 unspecified atom stereocenters. The minimum Gasteiger partial charge on any atom is -0.382 e. The molecule has 3 aromatic rings. The first-order valence-electron chi connectivity index (χ1n) is 11.6. The maximum Gasteiger partial charge on any atom is 0.417 e. The Hall–Kier alpha value is -3.49. The summed E-state index contributed by atoms with van der Waals surface area (Å²) in [5.41, 5.74) is 2.30. The first-order valence-corrected chi connectivity index (χ1v) is 11.6. The first-order chi connectivity index (χ1) is 17.1. The number of carbonyl (C=O) groups excluding carboxylic acids is 2. The van der Waals surface area contributed by atoms with E-state index < -0.39 is 41.6 Å². The van der Waals surface area contributed by atoms with Crippen molar-refractivity contribution >= 4 is 11.7 Å². The molecular weight excluding hydrogens is 471 g/mol. The quantitative estimate of drug-likeness (QED) is 0.496. The number of carbonyl (C=O) groups is 2. The van der Waals surface area contributed by atoms with Gasteiger partial charge >= 0.3 is 6.18 Å². The Morgan fingerprint density at radius 2 is 1.42 bits per heavy atom. The highest BCUT2D eigenvalue weighted by Crippen LogP contribution is 2.37. The predicted octanol–water partition coefficient (Wildman–Crippen LogP) is 4.70. The van der Waals surface area contributed by atoms with E-state index in [1.54, 1.807) is 31.2 Å². The number of benzene rings is 3. The number of rotatable bonds is 7. The summed E-state index contributed by atoms with van der Waals surface area (Å²) in [5.74, 6) is -1.80. The van der Waals surface area contributed by atoms with Crippen LogP contribution in [0.15, 0.2) is 72.8 Å². The second-order valence-corrected chi connectivity index (χ2v) is 9.09. The maximum atomic E-state index is 13.3. The van der Waals surface area contributed by atoms with Gasteiger partial charge in [0, 0.05) is 19.5 Å². The average Bonchev–Trinajstić information content (AvgIpc) is 3.31. The number of amides is 1. The van der Waals surface area contributed by atoms with Crippen LogP contribution in [-0.2, 0) is 28.9 Å². The van der Waals surface area contributed by atoms with Gasteiger partial charge in [0.2, 0.25) is 0 Å². The fourth-order valence-corrected chi connectivity index (χ4v) is 4.50. The maximum absolute atomic E-state index is 13.3. The van der Waals surface area contributed by atoms with Gasteiger partial charge in [0.05, 0.1) is 5.56 Å². The highest BCUT2D eigenvalue weighted by atomic mass is 19.4. The Balaban J connectivity index is 1.39. The molecule has 1 aliphatic heterocycles. The normalized spacial score (nSPS) is 15.8. The summed E-state index contributed by atoms with van der Waals surface area (Å²) >= 11 is 0. The lowest BCUT2D eigenvalue weighted by Crippen LogP contribution is -2.46. The highest BCUT2D eigenvalue weighted by Gasteiger charge is 2.36. The van der Waals surface area contributed by atoms with Crippen molar-refractivity contribution in [3.63, 3.8) is 0 Å². The third-order valence-electron chi connectivity index (χ3n) is 6.57. The molecule has 36 heavy (non-hydrogen) atoms. The number of Topliss-reactive ketones (excluding diaryl/α,β-unsaturated/α-hetero) is 1. The number of halogens is 3. The molecule has 0 saturated heterocycles. The Kier molecular flexibility index (Phi) is 7.28. The number of ketones is 1. The van der Waals surface area contributed by atoms with Crippen LogP contribution in [0.4, 0.5) is 13.2 Å². The molecule has 0 spiro atoms. The molecule has 4 rings (SSSR count). The highest BCUT2D eigenvalue weighted by molar-refractivity contribution is 5.92. The lowest BCUT2D eigenvalue weighted by Gasteiger charge is -2.23. The van der Waals surface area contributed by atoms with E-state index in [1.807, 2.05) is 24.3 Å². The van der Waals surface area contributed by atoms with Crippen LogP contribution in [0, 0.1) is 0 Å². The molecule has 0 aromatic heterocycles. The molecule has 188 valence electrons. The van der Waals surface area contributed by atoms with E-state index in [4.69, 9.17) is 0 Å². The smallest absolute Gasteiger partial charge is 0.382 e. The zero-order chi connectivity index (χ0) is 26.0. The van der Waals surface area contributed by atoms with Crippen LogP contribution >= 0.6 is 0 Å². The van der Waals surface area contributed by atoms with Gasteiger partial charge in [0.1, 0.15) is 6.10 Å². The molecule has 2 N–H and O–H groups in total. The number of alkyl halides is 3. The summed E-state index contributed by atoms with van der Waals surface area (Å²) in [4.78, 5) is 26.7. The van der Waals surface area contributed by atoms with E-state index in [1.165, 1.54) is 23.1 Å². The van der Waals surface area contributed by atoms with Gasteiger partial charge in [-0.05, 0) is 39.8 Å². The van der Waals surface area contributed by atoms with E-state index >= 15 is 0 Å². The lowest BCUT2D eigenvalue weighted by atomic mass is 9.90. The molecule has 1 heterocycles. The molecular formula is C28H26F3NO4. The molecule has 1 amide bonds. The van der Waals surface area contributed by atoms with Crippen LogP contribution in [0.5, 0.6) is 0 Å². The van der Waals surface area contributed by atoms with Crippen molar-refractivity contribution in [3.8, 4) is 11.1 Å². The number of fused-ring (bicyclic) bond motifs is 1. The molecule has 0 bridgehead atoms. The van der Waals surface area contributed by atoms with E-state index in [9.17, 15) is 33.0 Å². The van der Waals surface area contributed by atoms with Crippen molar-refractivity contribution in [1.29, 1.82) is 0 Å². The summed E-state index contributed by atoms with van der Waals surface area (Å²) in [7, 11) is 0. The Bertz CT molecular complexity index is 1230. The van der Waals surface area contributed by atoms with E-state index in [0.29, 0.717) is 24.2 Å². The number of aliphatic hydroxyl groups is 2. The standard InChI is InChI=1S/C28H26F3NO4/c1-17(18-10-12-19(13-11-18)22-8-4-5-9-23(22)28(29,30)31)14-24(33)25(34)26(35)27(36)32-15-20-6-2-3-7-21(20)16-32/h2-13,17,25-26,34-35H,14-16H2,1H3/t17-,25-,26+/m0/s1. The van der Waals surface area contributed by atoms with Crippen molar-refractivity contribution in [2.24, 2.45) is 0 Å². The summed E-state index contributed by atoms with van der Waals surface area (Å²) in [6.07, 6.45) is -8.38. The average molecular weight is 498 g/mol. The minimum absolute atomic E-state index is 0.0569. The Labute approximate surface area is 206 Å². The fourth-order valence-electron chi connectivity index (χ4n) is 4.50. The molecule has 3 aromatic carbocycles. The van der Waals surface area contributed by atoms with Crippen molar-refractivity contribution in [2.45, 2.75) is 50.7 Å². The van der Waals surface area contributed by atoms with E-state index in [2.05, 4.69) is 0 Å². The number of hydrogen-bond acceptors (Lipinski definition) is 4. The van der Waals surface area contributed by atoms with Gasteiger partial charge in [0.15, 0.2) is 11.9 Å². The van der Waals surface area contributed by atoms with Gasteiger partial charge in [-0.15, -0.1) is 0 Å². The van der Waals surface area contributed by atoms with Crippen LogP contribution in [0.3, 0.4) is 0 Å². The molecule has 0 aliphatic carbocycles. The summed E-state index contributed by atoms with van der Waals surface area (Å²) in [6, 6.07) is 19.1. The zero-order valence-corrected chi connectivity index (χ0v) is 19.6. The second kappa shape index (κ2) is 10.2. The van der Waals surface area contributed by atoms with Crippen molar-refractivity contribution in [2.75, 3.05) is 0 Å². The number of aliphatic hydroxyl groups excluding tert-OH is 2. The molecule has 0 radical (unpaired) electrons. The molecule has 5 nitrogen and oxygen atoms in total. The third kappa shape index (κ3) is 5.34. The third-order valence-corrected chi connectivity index (χ3v) is 6.57. The van der Waals surface area contributed by atoms with E-state index in [0.717, 1.165) is 17.2 Å². The van der Waals surface area contributed by atoms with Crippen LogP contribution in [0.2, 0.25) is 0 Å². The largest absolute Gasteiger partial charge is 0.417 e. The van der Waals surface area contributed by atoms with Crippen LogP contribution in [-0.4, -0.2) is 39.0 Å². The lowest BCUT2D eigenvalue weighted by molar-refractivity contribution is -0.152. The van der Waals surface area contributed by atoms with Crippen molar-refractivity contribution in [3.05, 3.63) is 95.1 Å². The topological polar surface area (TPSA) is 77.8 Å². The SMILES string of the molecule is C[C@@H](CC(=O)[C@H](O)[C@@H](O)C(=O)N1Cc2ccccc2C1)c1ccc(-c2ccccc2C(F)(F)F)cc1. The second-order valence-electron chi connectivity index (χ2n) is 9.09. The van der Waals surface area contributed by atoms with Crippen LogP contribution < -0.4 is 0 Å². The molecule has 0 saturated carbocycles. The van der Waals surface area contributed by atoms with Gasteiger partial charge in [-0.2, -0.15) is 13.2 Å². The van der Waals surface area contributed by atoms with Crippen LogP contribution in [0.25, 0.3) is 11.1 Å². The molecule has 3 atom stereocenters. The molecule has 1 aliphatic rings. The summed E-state index contributed by atoms with van der Waals surface area (Å²) in [5, 5.41) is 20.8. The monoisotopic (exact) mass is 497 g/mol. The summed E-state index contributed by atoms with van der Waals surface area (Å²) in [6.45, 7) is 2.33. The number of hydrogen-bond donors (Lipinski definition) is 2. The van der Waals surface area contributed by atoms with Crippen molar-refractivity contribution in [1.82, 2.24) is 4.90 Å². The Morgan fingerprint density at radius 3 is 2.00 bits per heavy atom. The van der Waals surface area contributed by atoms with Gasteiger partial charge < -0.3 is 15.1 Å². The minimum atomic E-state index is -4.48. The molecule has 0 fully saturated rings. The van der Waals surface area contributed by atoms with E-state index in [-0.39, 0.29) is 12.0 Å². The summed E-state index contributed by atoms with van der Waals surface area (Å²) < 4.78 is 40.0. The molecule has 8 heteroatoms. The van der Waals surface area contributed by atoms with Crippen LogP contribution in [0.1, 0.15) is 41.5 Å². The van der Waals surface area contributed by atoms with Crippen molar-refractivity contribution < 1.29 is 33.0 Å². The number of nitrogens with zero attached hydrogens (tertiary/aromatic N) is 1. The zero-order valence-electron chi connectivity index (χ0n) is 19.6. The Morgan fingerprint density at radius 1 is 0.861 bits per heavy atom. The first kappa shape index (κ1) is 25.6. The van der Waals surface area contributed by atoms with Gasteiger partial charge in [-0.25, -0.2) is 0 Å². The van der Waals surface area contributed by atoms with Gasteiger partial charge in [-0.1, -0.05) is 73.7 Å².